The molecule has 0 radical (unpaired) electrons. The maximum absolute atomic E-state index is 13.8. The summed E-state index contributed by atoms with van der Waals surface area (Å²) in [5.74, 6) is 0.527. The number of hydrogen-bond donors (Lipinski definition) is 1. The van der Waals surface area contributed by atoms with Crippen molar-refractivity contribution in [1.82, 2.24) is 10.2 Å². The Kier molecular flexibility index (Phi) is 5.08. The van der Waals surface area contributed by atoms with Crippen molar-refractivity contribution in [2.24, 2.45) is 0 Å². The van der Waals surface area contributed by atoms with Crippen molar-refractivity contribution in [3.05, 3.63) is 52.0 Å². The molecule has 3 rings (SSSR count). The number of hydrogen-bond acceptors (Lipinski definition) is 4. The van der Waals surface area contributed by atoms with Gasteiger partial charge in [0.2, 0.25) is 0 Å². The van der Waals surface area contributed by atoms with Crippen LogP contribution in [-0.2, 0) is 0 Å². The van der Waals surface area contributed by atoms with E-state index in [0.29, 0.717) is 0 Å². The van der Waals surface area contributed by atoms with Crippen LogP contribution >= 0.6 is 11.3 Å². The van der Waals surface area contributed by atoms with E-state index in [1.807, 2.05) is 0 Å². The van der Waals surface area contributed by atoms with Gasteiger partial charge in [-0.3, -0.25) is 4.90 Å². The molecule has 1 saturated heterocycles. The summed E-state index contributed by atoms with van der Waals surface area (Å²) in [6.07, 6.45) is 1.10. The van der Waals surface area contributed by atoms with Gasteiger partial charge >= 0.3 is 0 Å². The van der Waals surface area contributed by atoms with Gasteiger partial charge in [-0.05, 0) is 53.6 Å². The van der Waals surface area contributed by atoms with E-state index in [9.17, 15) is 4.39 Å². The van der Waals surface area contributed by atoms with Crippen LogP contribution in [0, 0.1) is 5.82 Å². The van der Waals surface area contributed by atoms with Crippen molar-refractivity contribution in [2.75, 3.05) is 33.3 Å². The monoisotopic (exact) mass is 320 g/mol. The summed E-state index contributed by atoms with van der Waals surface area (Å²) in [5, 5.41) is 7.64. The van der Waals surface area contributed by atoms with Crippen molar-refractivity contribution in [2.45, 2.75) is 12.5 Å². The van der Waals surface area contributed by atoms with E-state index in [2.05, 4.69) is 27.0 Å². The standard InChI is InChI=1S/C17H21FN2OS/c1-21-16-4-3-14(18)11-15(16)17(13-5-10-22-12-13)20-8-2-6-19-7-9-20/h3-5,10-12,17,19H,2,6-9H2,1H3. The van der Waals surface area contributed by atoms with Crippen molar-refractivity contribution in [3.63, 3.8) is 0 Å². The van der Waals surface area contributed by atoms with Gasteiger partial charge in [-0.25, -0.2) is 4.39 Å². The molecule has 0 spiro atoms. The summed E-state index contributed by atoms with van der Waals surface area (Å²) in [6.45, 7) is 3.93. The average Bonchev–Trinajstić information content (AvgIpc) is 2.91. The molecule has 1 unspecified atom stereocenters. The van der Waals surface area contributed by atoms with Gasteiger partial charge in [0.05, 0.1) is 13.2 Å². The second kappa shape index (κ2) is 7.22. The highest BCUT2D eigenvalue weighted by atomic mass is 32.1. The molecular formula is C17H21FN2OS. The molecule has 3 nitrogen and oxygen atoms in total. The van der Waals surface area contributed by atoms with Crippen molar-refractivity contribution < 1.29 is 9.13 Å². The van der Waals surface area contributed by atoms with E-state index < -0.39 is 0 Å². The SMILES string of the molecule is COc1ccc(F)cc1C(c1ccsc1)N1CCCNCC1. The number of methoxy groups -OCH3 is 1. The zero-order chi connectivity index (χ0) is 15.4. The number of ether oxygens (including phenoxy) is 1. The van der Waals surface area contributed by atoms with Gasteiger partial charge in [0.25, 0.3) is 0 Å². The number of rotatable bonds is 4. The van der Waals surface area contributed by atoms with Gasteiger partial charge in [-0.1, -0.05) is 0 Å². The molecule has 1 aliphatic rings. The Labute approximate surface area is 134 Å². The smallest absolute Gasteiger partial charge is 0.124 e. The Bertz CT molecular complexity index is 595. The normalized spacial score (nSPS) is 17.9. The predicted octanol–water partition coefficient (Wildman–Crippen LogP) is 3.28. The lowest BCUT2D eigenvalue weighted by atomic mass is 9.98. The first-order valence-corrected chi connectivity index (χ1v) is 8.54. The van der Waals surface area contributed by atoms with Gasteiger partial charge in [0.15, 0.2) is 0 Å². The topological polar surface area (TPSA) is 24.5 Å². The van der Waals surface area contributed by atoms with Gasteiger partial charge in [0, 0.05) is 25.2 Å². The highest BCUT2D eigenvalue weighted by Gasteiger charge is 2.26. The second-order valence-electron chi connectivity index (χ2n) is 5.49. The molecule has 1 N–H and O–H groups in total. The molecule has 0 bridgehead atoms. The Morgan fingerprint density at radius 3 is 2.95 bits per heavy atom. The molecule has 1 aromatic carbocycles. The highest BCUT2D eigenvalue weighted by molar-refractivity contribution is 7.08. The van der Waals surface area contributed by atoms with Crippen molar-refractivity contribution >= 4 is 11.3 Å². The van der Waals surface area contributed by atoms with E-state index in [1.54, 1.807) is 30.6 Å². The molecule has 1 aromatic heterocycles. The molecule has 1 atom stereocenters. The fourth-order valence-electron chi connectivity index (χ4n) is 3.06. The van der Waals surface area contributed by atoms with Crippen molar-refractivity contribution in [1.29, 1.82) is 0 Å². The van der Waals surface area contributed by atoms with E-state index in [-0.39, 0.29) is 11.9 Å². The summed E-state index contributed by atoms with van der Waals surface area (Å²) in [5.41, 5.74) is 2.11. The van der Waals surface area contributed by atoms with Crippen LogP contribution in [0.5, 0.6) is 5.75 Å². The van der Waals surface area contributed by atoms with Gasteiger partial charge in [0.1, 0.15) is 11.6 Å². The zero-order valence-electron chi connectivity index (χ0n) is 12.7. The number of benzene rings is 1. The van der Waals surface area contributed by atoms with E-state index >= 15 is 0 Å². The fourth-order valence-corrected chi connectivity index (χ4v) is 3.74. The molecule has 0 aliphatic carbocycles. The highest BCUT2D eigenvalue weighted by Crippen LogP contribution is 2.36. The first-order chi connectivity index (χ1) is 10.8. The summed E-state index contributed by atoms with van der Waals surface area (Å²) in [6, 6.07) is 6.95. The van der Waals surface area contributed by atoms with Crippen LogP contribution in [0.3, 0.4) is 0 Å². The Morgan fingerprint density at radius 2 is 2.18 bits per heavy atom. The number of halogens is 1. The van der Waals surface area contributed by atoms with Crippen LogP contribution in [0.25, 0.3) is 0 Å². The Balaban J connectivity index is 2.03. The summed E-state index contributed by atoms with van der Waals surface area (Å²) in [4.78, 5) is 2.42. The molecule has 5 heteroatoms. The van der Waals surface area contributed by atoms with Crippen LogP contribution in [0.1, 0.15) is 23.6 Å². The van der Waals surface area contributed by atoms with Crippen LogP contribution in [0.2, 0.25) is 0 Å². The van der Waals surface area contributed by atoms with Crippen LogP contribution < -0.4 is 10.1 Å². The molecule has 2 heterocycles. The molecule has 1 fully saturated rings. The van der Waals surface area contributed by atoms with E-state index in [1.165, 1.54) is 11.6 Å². The van der Waals surface area contributed by atoms with Crippen LogP contribution in [-0.4, -0.2) is 38.2 Å². The van der Waals surface area contributed by atoms with Gasteiger partial charge < -0.3 is 10.1 Å². The van der Waals surface area contributed by atoms with Crippen LogP contribution in [0.4, 0.5) is 4.39 Å². The number of nitrogens with zero attached hydrogens (tertiary/aromatic N) is 1. The Morgan fingerprint density at radius 1 is 1.27 bits per heavy atom. The number of nitrogens with one attached hydrogen (secondary N) is 1. The molecule has 0 saturated carbocycles. The van der Waals surface area contributed by atoms with Crippen LogP contribution in [0.15, 0.2) is 35.0 Å². The molecule has 1 aliphatic heterocycles. The predicted molar refractivity (Wildman–Crippen MR) is 88.2 cm³/mol. The minimum atomic E-state index is -0.219. The van der Waals surface area contributed by atoms with E-state index in [0.717, 1.165) is 43.9 Å². The fraction of sp³-hybridized carbons (Fsp3) is 0.412. The molecule has 118 valence electrons. The molecule has 0 amide bonds. The third kappa shape index (κ3) is 3.32. The first-order valence-electron chi connectivity index (χ1n) is 7.60. The van der Waals surface area contributed by atoms with Gasteiger partial charge in [-0.2, -0.15) is 11.3 Å². The maximum atomic E-state index is 13.8. The minimum absolute atomic E-state index is 0.0387. The largest absolute Gasteiger partial charge is 0.496 e. The summed E-state index contributed by atoms with van der Waals surface area (Å²) >= 11 is 1.67. The third-order valence-electron chi connectivity index (χ3n) is 4.09. The lowest BCUT2D eigenvalue weighted by Gasteiger charge is -2.31. The second-order valence-corrected chi connectivity index (χ2v) is 6.27. The minimum Gasteiger partial charge on any atom is -0.496 e. The average molecular weight is 320 g/mol. The van der Waals surface area contributed by atoms with E-state index in [4.69, 9.17) is 4.74 Å². The quantitative estimate of drug-likeness (QED) is 0.936. The Hall–Kier alpha value is -1.43. The first kappa shape index (κ1) is 15.5. The van der Waals surface area contributed by atoms with Crippen molar-refractivity contribution in [3.8, 4) is 5.75 Å². The molecule has 2 aromatic rings. The lowest BCUT2D eigenvalue weighted by Crippen LogP contribution is -2.33. The summed E-state index contributed by atoms with van der Waals surface area (Å²) in [7, 11) is 1.64. The molecule has 22 heavy (non-hydrogen) atoms. The van der Waals surface area contributed by atoms with Gasteiger partial charge in [-0.15, -0.1) is 0 Å². The number of thiophene rings is 1. The maximum Gasteiger partial charge on any atom is 0.124 e. The zero-order valence-corrected chi connectivity index (χ0v) is 13.5. The summed E-state index contributed by atoms with van der Waals surface area (Å²) < 4.78 is 19.3. The molecular weight excluding hydrogens is 299 g/mol. The third-order valence-corrected chi connectivity index (χ3v) is 4.79. The lowest BCUT2D eigenvalue weighted by molar-refractivity contribution is 0.236.